The minimum absolute atomic E-state index is 0.0256. The fraction of sp³-hybridized carbons (Fsp3) is 0.647. The predicted molar refractivity (Wildman–Crippen MR) is 85.4 cm³/mol. The second-order valence-electron chi connectivity index (χ2n) is 6.00. The zero-order valence-corrected chi connectivity index (χ0v) is 14.9. The third kappa shape index (κ3) is 3.92. The van der Waals surface area contributed by atoms with Gasteiger partial charge in [-0.2, -0.15) is 0 Å². The highest BCUT2D eigenvalue weighted by atomic mass is 16.8. The van der Waals surface area contributed by atoms with Gasteiger partial charge in [-0.05, 0) is 25.8 Å². The third-order valence-corrected chi connectivity index (χ3v) is 4.33. The second kappa shape index (κ2) is 7.65. The normalized spacial score (nSPS) is 38.6. The Kier molecular flexibility index (Phi) is 5.99. The highest BCUT2D eigenvalue weighted by molar-refractivity contribution is 5.86. The van der Waals surface area contributed by atoms with Crippen molar-refractivity contribution in [3.63, 3.8) is 0 Å². The summed E-state index contributed by atoms with van der Waals surface area (Å²) in [5.74, 6) is -4.41. The Morgan fingerprint density at radius 1 is 1.04 bits per heavy atom. The molecule has 0 saturated carbocycles. The van der Waals surface area contributed by atoms with Crippen LogP contribution in [0.2, 0.25) is 0 Å². The van der Waals surface area contributed by atoms with Crippen LogP contribution in [0.5, 0.6) is 0 Å². The van der Waals surface area contributed by atoms with Crippen molar-refractivity contribution >= 4 is 11.9 Å². The molecule has 0 aromatic heterocycles. The second-order valence-corrected chi connectivity index (χ2v) is 6.00. The van der Waals surface area contributed by atoms with Gasteiger partial charge in [0.15, 0.2) is 12.2 Å². The van der Waals surface area contributed by atoms with E-state index in [1.54, 1.807) is 26.0 Å². The summed E-state index contributed by atoms with van der Waals surface area (Å²) in [7, 11) is 2.77. The number of cyclic esters (lactones) is 2. The number of esters is 2. The van der Waals surface area contributed by atoms with Gasteiger partial charge in [-0.1, -0.05) is 18.7 Å². The Morgan fingerprint density at radius 2 is 1.56 bits per heavy atom. The smallest absolute Gasteiger partial charge is 0.339 e. The van der Waals surface area contributed by atoms with Gasteiger partial charge in [0.1, 0.15) is 6.61 Å². The van der Waals surface area contributed by atoms with E-state index in [9.17, 15) is 9.59 Å². The van der Waals surface area contributed by atoms with Crippen molar-refractivity contribution in [2.45, 2.75) is 44.1 Å². The minimum Gasteiger partial charge on any atom is -0.463 e. The molecule has 0 aromatic carbocycles. The van der Waals surface area contributed by atoms with Gasteiger partial charge in [-0.3, -0.25) is 0 Å². The standard InChI is InChI=1S/C17H24O8/c1-11-8-6-7-9-22-14(18)12-13(15(19)23-10-11)25-17(3,21-5)16(2,20-4)24-12/h6,8,12-13H,1,7,9-10H2,2-5H3/b8-6-/t12-,13-,16-,17-/m1/s1. The van der Waals surface area contributed by atoms with Gasteiger partial charge < -0.3 is 28.4 Å². The van der Waals surface area contributed by atoms with Crippen LogP contribution < -0.4 is 0 Å². The predicted octanol–water partition coefficient (Wildman–Crippen LogP) is 1.10. The van der Waals surface area contributed by atoms with Gasteiger partial charge in [0.05, 0.1) is 6.61 Å². The van der Waals surface area contributed by atoms with Crippen LogP contribution in [0.15, 0.2) is 24.3 Å². The maximum absolute atomic E-state index is 12.5. The molecule has 1 fully saturated rings. The van der Waals surface area contributed by atoms with Crippen molar-refractivity contribution in [3.05, 3.63) is 24.3 Å². The van der Waals surface area contributed by atoms with Crippen LogP contribution in [-0.4, -0.2) is 63.2 Å². The molecule has 8 heteroatoms. The van der Waals surface area contributed by atoms with Crippen LogP contribution in [0.4, 0.5) is 0 Å². The molecular weight excluding hydrogens is 332 g/mol. The molecule has 2 aliphatic rings. The summed E-state index contributed by atoms with van der Waals surface area (Å²) in [6, 6.07) is 0. The maximum atomic E-state index is 12.5. The van der Waals surface area contributed by atoms with Crippen LogP contribution in [0, 0.1) is 0 Å². The van der Waals surface area contributed by atoms with Gasteiger partial charge in [0.25, 0.3) is 0 Å². The highest BCUT2D eigenvalue weighted by Gasteiger charge is 2.60. The van der Waals surface area contributed by atoms with E-state index in [2.05, 4.69) is 6.58 Å². The summed E-state index contributed by atoms with van der Waals surface area (Å²) >= 11 is 0. The van der Waals surface area contributed by atoms with E-state index in [0.717, 1.165) is 0 Å². The topological polar surface area (TPSA) is 89.5 Å². The van der Waals surface area contributed by atoms with Crippen molar-refractivity contribution in [3.8, 4) is 0 Å². The van der Waals surface area contributed by atoms with Crippen LogP contribution in [-0.2, 0) is 38.0 Å². The van der Waals surface area contributed by atoms with E-state index in [1.807, 2.05) is 0 Å². The monoisotopic (exact) mass is 356 g/mol. The molecule has 140 valence electrons. The number of fused-ring (bicyclic) bond motifs is 1. The fourth-order valence-electron chi connectivity index (χ4n) is 2.49. The van der Waals surface area contributed by atoms with Gasteiger partial charge >= 0.3 is 11.9 Å². The van der Waals surface area contributed by atoms with Crippen LogP contribution in [0.1, 0.15) is 20.3 Å². The van der Waals surface area contributed by atoms with Crippen LogP contribution in [0.3, 0.4) is 0 Å². The first kappa shape index (κ1) is 19.6. The Balaban J connectivity index is 2.34. The van der Waals surface area contributed by atoms with Gasteiger partial charge in [-0.25, -0.2) is 9.59 Å². The molecule has 0 aromatic rings. The molecule has 1 saturated heterocycles. The molecule has 0 radical (unpaired) electrons. The Morgan fingerprint density at radius 3 is 2.08 bits per heavy atom. The van der Waals surface area contributed by atoms with E-state index in [-0.39, 0.29) is 13.2 Å². The van der Waals surface area contributed by atoms with Gasteiger partial charge in [0, 0.05) is 14.2 Å². The maximum Gasteiger partial charge on any atom is 0.339 e. The average molecular weight is 356 g/mol. The Bertz CT molecular complexity index is 571. The zero-order chi connectivity index (χ0) is 18.7. The Labute approximate surface area is 146 Å². The molecule has 25 heavy (non-hydrogen) atoms. The molecule has 0 spiro atoms. The minimum atomic E-state index is -1.45. The summed E-state index contributed by atoms with van der Waals surface area (Å²) in [6.45, 7) is 6.99. The third-order valence-electron chi connectivity index (χ3n) is 4.33. The molecule has 2 aliphatic heterocycles. The molecule has 0 amide bonds. The van der Waals surface area contributed by atoms with E-state index in [4.69, 9.17) is 28.4 Å². The summed E-state index contributed by atoms with van der Waals surface area (Å²) in [5.41, 5.74) is 0.602. The molecule has 2 heterocycles. The summed E-state index contributed by atoms with van der Waals surface area (Å²) in [5, 5.41) is 0. The summed E-state index contributed by atoms with van der Waals surface area (Å²) in [4.78, 5) is 24.9. The SMILES string of the molecule is C=C1/C=C\CCOC(=O)[C@@H]2O[C@@](C)(OC)[C@](C)(OC)O[C@H]2C(=O)OC1. The number of ether oxygens (including phenoxy) is 6. The van der Waals surface area contributed by atoms with Crippen LogP contribution in [0.25, 0.3) is 0 Å². The van der Waals surface area contributed by atoms with Crippen molar-refractivity contribution in [1.29, 1.82) is 0 Å². The lowest BCUT2D eigenvalue weighted by molar-refractivity contribution is -0.439. The van der Waals surface area contributed by atoms with E-state index >= 15 is 0 Å². The first-order valence-corrected chi connectivity index (χ1v) is 7.90. The quantitative estimate of drug-likeness (QED) is 0.680. The lowest BCUT2D eigenvalue weighted by atomic mass is 10.0. The number of hydrogen-bond acceptors (Lipinski definition) is 8. The Hall–Kier alpha value is -1.74. The van der Waals surface area contributed by atoms with E-state index in [1.165, 1.54) is 14.2 Å². The van der Waals surface area contributed by atoms with E-state index < -0.39 is 35.7 Å². The first-order chi connectivity index (χ1) is 11.8. The van der Waals surface area contributed by atoms with Crippen molar-refractivity contribution in [2.75, 3.05) is 27.4 Å². The van der Waals surface area contributed by atoms with Gasteiger partial charge in [-0.15, -0.1) is 0 Å². The number of methoxy groups -OCH3 is 2. The molecule has 0 bridgehead atoms. The zero-order valence-electron chi connectivity index (χ0n) is 14.9. The molecule has 4 atom stereocenters. The molecular formula is C17H24O8. The van der Waals surface area contributed by atoms with Crippen molar-refractivity contribution < 1.29 is 38.0 Å². The largest absolute Gasteiger partial charge is 0.463 e. The highest BCUT2D eigenvalue weighted by Crippen LogP contribution is 2.39. The molecule has 2 rings (SSSR count). The molecule has 0 N–H and O–H groups in total. The number of carbonyl (C=O) groups is 2. The van der Waals surface area contributed by atoms with Gasteiger partial charge in [0.2, 0.25) is 11.6 Å². The van der Waals surface area contributed by atoms with E-state index in [0.29, 0.717) is 12.0 Å². The number of hydrogen-bond donors (Lipinski definition) is 0. The lowest BCUT2D eigenvalue weighted by Crippen LogP contribution is -2.68. The fourth-order valence-corrected chi connectivity index (χ4v) is 2.49. The molecule has 0 aliphatic carbocycles. The summed E-state index contributed by atoms with van der Waals surface area (Å²) < 4.78 is 32.6. The van der Waals surface area contributed by atoms with Crippen molar-refractivity contribution in [1.82, 2.24) is 0 Å². The molecule has 0 unspecified atom stereocenters. The van der Waals surface area contributed by atoms with Crippen LogP contribution >= 0.6 is 0 Å². The summed E-state index contributed by atoms with van der Waals surface area (Å²) in [6.07, 6.45) is 1.27. The lowest BCUT2D eigenvalue weighted by Gasteiger charge is -2.50. The molecule has 8 nitrogen and oxygen atoms in total. The van der Waals surface area contributed by atoms with Crippen molar-refractivity contribution in [2.24, 2.45) is 0 Å². The number of rotatable bonds is 2. The number of carbonyl (C=O) groups excluding carboxylic acids is 2. The average Bonchev–Trinajstić information content (AvgIpc) is 2.60. The first-order valence-electron chi connectivity index (χ1n) is 7.90.